The van der Waals surface area contributed by atoms with Gasteiger partial charge in [0.05, 0.1) is 12.4 Å². The summed E-state index contributed by atoms with van der Waals surface area (Å²) in [6, 6.07) is 10.5. The molecule has 138 valence electrons. The minimum Gasteiger partial charge on any atom is -0.461 e. The first-order valence-corrected chi connectivity index (χ1v) is 10.2. The van der Waals surface area contributed by atoms with Crippen LogP contribution < -0.4 is 0 Å². The number of carbonyl (C=O) groups excluding carboxylic acids is 1. The minimum absolute atomic E-state index is 0.0259. The smallest absolute Gasteiger partial charge is 0.356 e. The number of nitrogens with zero attached hydrogens (tertiary/aromatic N) is 2. The van der Waals surface area contributed by atoms with Gasteiger partial charge in [0.15, 0.2) is 0 Å². The van der Waals surface area contributed by atoms with Gasteiger partial charge in [-0.1, -0.05) is 30.3 Å². The molecule has 0 radical (unpaired) electrons. The van der Waals surface area contributed by atoms with Gasteiger partial charge < -0.3 is 4.74 Å². The maximum Gasteiger partial charge on any atom is 0.356 e. The highest BCUT2D eigenvalue weighted by Crippen LogP contribution is 2.32. The van der Waals surface area contributed by atoms with E-state index in [0.717, 1.165) is 16.7 Å². The van der Waals surface area contributed by atoms with Crippen molar-refractivity contribution in [1.82, 2.24) is 9.29 Å². The van der Waals surface area contributed by atoms with Gasteiger partial charge in [0.2, 0.25) is 10.0 Å². The van der Waals surface area contributed by atoms with E-state index in [1.165, 1.54) is 4.31 Å². The Balaban J connectivity index is 1.83. The number of hydrogen-bond acceptors (Lipinski definition) is 5. The highest BCUT2D eigenvalue weighted by molar-refractivity contribution is 7.88. The van der Waals surface area contributed by atoms with Crippen LogP contribution in [0.5, 0.6) is 0 Å². The van der Waals surface area contributed by atoms with Crippen LogP contribution in [0.4, 0.5) is 0 Å². The average molecular weight is 374 g/mol. The van der Waals surface area contributed by atoms with Crippen molar-refractivity contribution in [2.75, 3.05) is 13.2 Å². The van der Waals surface area contributed by atoms with Gasteiger partial charge in [0.1, 0.15) is 5.69 Å². The quantitative estimate of drug-likeness (QED) is 0.752. The van der Waals surface area contributed by atoms with Crippen LogP contribution in [0.15, 0.2) is 42.6 Å². The third-order valence-electron chi connectivity index (χ3n) is 4.54. The number of pyridine rings is 1. The van der Waals surface area contributed by atoms with Crippen molar-refractivity contribution < 1.29 is 17.9 Å². The number of esters is 1. The molecule has 0 N–H and O–H groups in total. The fraction of sp³-hybridized carbons (Fsp3) is 0.368. The van der Waals surface area contributed by atoms with Crippen molar-refractivity contribution in [1.29, 1.82) is 0 Å². The Morgan fingerprint density at radius 1 is 1.31 bits per heavy atom. The second-order valence-corrected chi connectivity index (χ2v) is 8.19. The van der Waals surface area contributed by atoms with E-state index in [4.69, 9.17) is 4.74 Å². The third-order valence-corrected chi connectivity index (χ3v) is 6.45. The van der Waals surface area contributed by atoms with Gasteiger partial charge in [-0.05, 0) is 43.0 Å². The first-order chi connectivity index (χ1) is 12.4. The molecule has 2 aromatic rings. The molecular formula is C19H22N2O4S. The SMILES string of the molecule is CCOC(=O)c1cc2c(cn1)C(C)N(S(=O)(=O)Cc1ccccc1)CC2. The fourth-order valence-electron chi connectivity index (χ4n) is 3.24. The maximum absolute atomic E-state index is 12.9. The number of benzene rings is 1. The summed E-state index contributed by atoms with van der Waals surface area (Å²) in [6.07, 6.45) is 2.14. The standard InChI is InChI=1S/C19H22N2O4S/c1-3-25-19(22)18-11-16-9-10-21(14(2)17(16)12-20-18)26(23,24)13-15-7-5-4-6-8-15/h4-8,11-12,14H,3,9-10,13H2,1-2H3. The molecule has 0 aliphatic carbocycles. The van der Waals surface area contributed by atoms with Gasteiger partial charge in [-0.3, -0.25) is 0 Å². The average Bonchev–Trinajstić information content (AvgIpc) is 2.62. The molecule has 26 heavy (non-hydrogen) atoms. The Morgan fingerprint density at radius 2 is 2.04 bits per heavy atom. The molecule has 0 saturated heterocycles. The van der Waals surface area contributed by atoms with Gasteiger partial charge in [-0.2, -0.15) is 4.31 Å². The molecule has 0 amide bonds. The molecule has 2 heterocycles. The molecular weight excluding hydrogens is 352 g/mol. The second-order valence-electron chi connectivity index (χ2n) is 6.27. The molecule has 1 aromatic carbocycles. The lowest BCUT2D eigenvalue weighted by Gasteiger charge is -2.34. The van der Waals surface area contributed by atoms with Crippen LogP contribution in [-0.2, 0) is 26.9 Å². The van der Waals surface area contributed by atoms with Crippen molar-refractivity contribution >= 4 is 16.0 Å². The van der Waals surface area contributed by atoms with Crippen molar-refractivity contribution in [3.63, 3.8) is 0 Å². The predicted molar refractivity (Wildman–Crippen MR) is 98.1 cm³/mol. The van der Waals surface area contributed by atoms with E-state index < -0.39 is 16.0 Å². The molecule has 1 unspecified atom stereocenters. The van der Waals surface area contributed by atoms with E-state index in [0.29, 0.717) is 19.6 Å². The molecule has 0 spiro atoms. The van der Waals surface area contributed by atoms with E-state index in [1.54, 1.807) is 19.2 Å². The molecule has 0 bridgehead atoms. The van der Waals surface area contributed by atoms with E-state index in [1.807, 2.05) is 37.3 Å². The number of ether oxygens (including phenoxy) is 1. The largest absolute Gasteiger partial charge is 0.461 e. The van der Waals surface area contributed by atoms with Gasteiger partial charge in [0.25, 0.3) is 0 Å². The Morgan fingerprint density at radius 3 is 2.73 bits per heavy atom. The summed E-state index contributed by atoms with van der Waals surface area (Å²) in [5, 5.41) is 0. The molecule has 1 atom stereocenters. The molecule has 1 aromatic heterocycles. The van der Waals surface area contributed by atoms with Gasteiger partial charge in [0, 0.05) is 18.8 Å². The number of sulfonamides is 1. The van der Waals surface area contributed by atoms with Crippen molar-refractivity contribution in [3.05, 3.63) is 65.0 Å². The monoisotopic (exact) mass is 374 g/mol. The van der Waals surface area contributed by atoms with E-state index in [2.05, 4.69) is 4.98 Å². The molecule has 3 rings (SSSR count). The zero-order valence-electron chi connectivity index (χ0n) is 14.9. The number of carbonyl (C=O) groups is 1. The van der Waals surface area contributed by atoms with Gasteiger partial charge in [-0.25, -0.2) is 18.2 Å². The number of hydrogen-bond donors (Lipinski definition) is 0. The molecule has 0 fully saturated rings. The summed E-state index contributed by atoms with van der Waals surface area (Å²) in [5.41, 5.74) is 2.81. The van der Waals surface area contributed by atoms with Gasteiger partial charge >= 0.3 is 5.97 Å². The summed E-state index contributed by atoms with van der Waals surface area (Å²) < 4.78 is 32.2. The van der Waals surface area contributed by atoms with E-state index in [-0.39, 0.29) is 17.5 Å². The summed E-state index contributed by atoms with van der Waals surface area (Å²) in [4.78, 5) is 16.0. The van der Waals surface area contributed by atoms with Crippen LogP contribution >= 0.6 is 0 Å². The van der Waals surface area contributed by atoms with Crippen LogP contribution in [0.1, 0.15) is 47.1 Å². The molecule has 0 saturated carbocycles. The minimum atomic E-state index is -3.45. The Hall–Kier alpha value is -2.25. The summed E-state index contributed by atoms with van der Waals surface area (Å²) in [7, 11) is -3.45. The highest BCUT2D eigenvalue weighted by Gasteiger charge is 2.33. The van der Waals surface area contributed by atoms with Crippen LogP contribution in [0.2, 0.25) is 0 Å². The maximum atomic E-state index is 12.9. The zero-order valence-corrected chi connectivity index (χ0v) is 15.7. The highest BCUT2D eigenvalue weighted by atomic mass is 32.2. The van der Waals surface area contributed by atoms with Crippen LogP contribution in [0.25, 0.3) is 0 Å². The molecule has 6 nitrogen and oxygen atoms in total. The van der Waals surface area contributed by atoms with E-state index in [9.17, 15) is 13.2 Å². The second kappa shape index (κ2) is 7.55. The lowest BCUT2D eigenvalue weighted by molar-refractivity contribution is 0.0519. The Kier molecular flexibility index (Phi) is 5.38. The summed E-state index contributed by atoms with van der Waals surface area (Å²) in [6.45, 7) is 4.27. The van der Waals surface area contributed by atoms with E-state index >= 15 is 0 Å². The normalized spacial score (nSPS) is 17.5. The van der Waals surface area contributed by atoms with Crippen LogP contribution in [0.3, 0.4) is 0 Å². The fourth-order valence-corrected chi connectivity index (χ4v) is 4.99. The molecule has 1 aliphatic heterocycles. The zero-order chi connectivity index (χ0) is 18.7. The van der Waals surface area contributed by atoms with Gasteiger partial charge in [-0.15, -0.1) is 0 Å². The number of rotatable bonds is 5. The Labute approximate surface area is 153 Å². The summed E-state index contributed by atoms with van der Waals surface area (Å²) in [5.74, 6) is -0.482. The van der Waals surface area contributed by atoms with Crippen LogP contribution in [0, 0.1) is 0 Å². The number of fused-ring (bicyclic) bond motifs is 1. The third kappa shape index (κ3) is 3.78. The van der Waals surface area contributed by atoms with Crippen molar-refractivity contribution in [3.8, 4) is 0 Å². The lowest BCUT2D eigenvalue weighted by atomic mass is 9.97. The van der Waals surface area contributed by atoms with Crippen LogP contribution in [-0.4, -0.2) is 36.8 Å². The summed E-state index contributed by atoms with van der Waals surface area (Å²) >= 11 is 0. The predicted octanol–water partition coefficient (Wildman–Crippen LogP) is 2.71. The van der Waals surface area contributed by atoms with Crippen molar-refractivity contribution in [2.24, 2.45) is 0 Å². The van der Waals surface area contributed by atoms with Crippen molar-refractivity contribution in [2.45, 2.75) is 32.1 Å². The first kappa shape index (κ1) is 18.5. The Bertz CT molecular complexity index is 897. The lowest BCUT2D eigenvalue weighted by Crippen LogP contribution is -2.39. The first-order valence-electron chi connectivity index (χ1n) is 8.61. The molecule has 1 aliphatic rings. The molecule has 7 heteroatoms. The topological polar surface area (TPSA) is 76.6 Å². The number of aromatic nitrogens is 1.